The summed E-state index contributed by atoms with van der Waals surface area (Å²) in [6.45, 7) is 3.83. The van der Waals surface area contributed by atoms with E-state index in [-0.39, 0.29) is 5.78 Å². The van der Waals surface area contributed by atoms with Crippen LogP contribution < -0.4 is 0 Å². The zero-order valence-electron chi connectivity index (χ0n) is 10.5. The minimum Gasteiger partial charge on any atom is -0.294 e. The van der Waals surface area contributed by atoms with Crippen LogP contribution in [0.5, 0.6) is 0 Å². The highest BCUT2D eigenvalue weighted by Gasteiger charge is 2.08. The molecule has 0 aliphatic heterocycles. The molecule has 1 aromatic carbocycles. The zero-order valence-corrected chi connectivity index (χ0v) is 11.3. The van der Waals surface area contributed by atoms with Gasteiger partial charge in [0.1, 0.15) is 5.03 Å². The molecule has 0 saturated heterocycles. The summed E-state index contributed by atoms with van der Waals surface area (Å²) in [5.74, 6) is 0.149. The number of ketones is 1. The normalized spacial score (nSPS) is 10.3. The van der Waals surface area contributed by atoms with Gasteiger partial charge in [0.25, 0.3) is 0 Å². The molecule has 2 nitrogen and oxygen atoms in total. The van der Waals surface area contributed by atoms with Crippen molar-refractivity contribution in [2.45, 2.75) is 30.2 Å². The van der Waals surface area contributed by atoms with Gasteiger partial charge in [-0.05, 0) is 30.7 Å². The van der Waals surface area contributed by atoms with E-state index in [1.165, 1.54) is 0 Å². The van der Waals surface area contributed by atoms with E-state index in [4.69, 9.17) is 0 Å². The molecule has 0 bridgehead atoms. The van der Waals surface area contributed by atoms with E-state index < -0.39 is 0 Å². The van der Waals surface area contributed by atoms with Gasteiger partial charge in [-0.1, -0.05) is 36.9 Å². The lowest BCUT2D eigenvalue weighted by Crippen LogP contribution is -2.01. The number of rotatable bonds is 4. The van der Waals surface area contributed by atoms with Gasteiger partial charge in [0, 0.05) is 23.1 Å². The van der Waals surface area contributed by atoms with Gasteiger partial charge in [-0.3, -0.25) is 4.79 Å². The van der Waals surface area contributed by atoms with Crippen LogP contribution in [-0.2, 0) is 0 Å². The highest BCUT2D eigenvalue weighted by Crippen LogP contribution is 2.26. The van der Waals surface area contributed by atoms with Crippen molar-refractivity contribution in [1.82, 2.24) is 4.98 Å². The number of aryl methyl sites for hydroxylation is 1. The average molecular weight is 257 g/mol. The third kappa shape index (κ3) is 2.99. The minimum absolute atomic E-state index is 0.149. The first-order valence-corrected chi connectivity index (χ1v) is 6.75. The van der Waals surface area contributed by atoms with Crippen LogP contribution >= 0.6 is 11.8 Å². The van der Waals surface area contributed by atoms with Crippen molar-refractivity contribution in [1.29, 1.82) is 0 Å². The van der Waals surface area contributed by atoms with Crippen LogP contribution in [0, 0.1) is 6.92 Å². The molecule has 0 N–H and O–H groups in total. The third-order valence-corrected chi connectivity index (χ3v) is 3.61. The zero-order chi connectivity index (χ0) is 13.0. The Kier molecular flexibility index (Phi) is 4.15. The molecule has 1 aromatic heterocycles. The van der Waals surface area contributed by atoms with Gasteiger partial charge < -0.3 is 0 Å². The molecule has 0 saturated carbocycles. The summed E-state index contributed by atoms with van der Waals surface area (Å²) in [5, 5.41) is 0.923. The number of carbonyl (C=O) groups is 1. The molecular formula is C15H15NOS. The molecular weight excluding hydrogens is 242 g/mol. The Balaban J connectivity index is 2.22. The first kappa shape index (κ1) is 12.8. The molecule has 0 spiro atoms. The summed E-state index contributed by atoms with van der Waals surface area (Å²) in [6, 6.07) is 12.1. The van der Waals surface area contributed by atoms with E-state index >= 15 is 0 Å². The number of hydrogen-bond donors (Lipinski definition) is 0. The number of hydrogen-bond acceptors (Lipinski definition) is 3. The summed E-state index contributed by atoms with van der Waals surface area (Å²) in [5.41, 5.74) is 1.73. The predicted molar refractivity (Wildman–Crippen MR) is 74.2 cm³/mol. The Morgan fingerprint density at radius 3 is 2.61 bits per heavy atom. The number of pyridine rings is 1. The first-order valence-electron chi connectivity index (χ1n) is 5.93. The van der Waals surface area contributed by atoms with E-state index in [9.17, 15) is 4.79 Å². The van der Waals surface area contributed by atoms with E-state index in [0.717, 1.165) is 21.0 Å². The Morgan fingerprint density at radius 1 is 1.28 bits per heavy atom. The average Bonchev–Trinajstić information content (AvgIpc) is 2.39. The lowest BCUT2D eigenvalue weighted by molar-refractivity contribution is 0.0987. The van der Waals surface area contributed by atoms with Crippen molar-refractivity contribution in [3.8, 4) is 0 Å². The molecule has 0 radical (unpaired) electrons. The van der Waals surface area contributed by atoms with Gasteiger partial charge in [0.05, 0.1) is 0 Å². The maximum Gasteiger partial charge on any atom is 0.164 e. The van der Waals surface area contributed by atoms with Crippen molar-refractivity contribution in [2.75, 3.05) is 0 Å². The Morgan fingerprint density at radius 2 is 2.00 bits per heavy atom. The lowest BCUT2D eigenvalue weighted by Gasteiger charge is -2.06. The van der Waals surface area contributed by atoms with Gasteiger partial charge >= 0.3 is 0 Å². The molecule has 18 heavy (non-hydrogen) atoms. The summed E-state index contributed by atoms with van der Waals surface area (Å²) >= 11 is 1.61. The van der Waals surface area contributed by atoms with Gasteiger partial charge in [-0.2, -0.15) is 0 Å². The van der Waals surface area contributed by atoms with Crippen molar-refractivity contribution in [2.24, 2.45) is 0 Å². The Bertz CT molecular complexity index is 552. The van der Waals surface area contributed by atoms with E-state index in [0.29, 0.717) is 6.42 Å². The Labute approximate surface area is 111 Å². The van der Waals surface area contributed by atoms with Crippen LogP contribution in [0.1, 0.15) is 29.3 Å². The molecule has 0 atom stereocenters. The minimum atomic E-state index is 0.149. The molecule has 2 rings (SSSR count). The van der Waals surface area contributed by atoms with E-state index in [1.807, 2.05) is 50.2 Å². The summed E-state index contributed by atoms with van der Waals surface area (Å²) in [6.07, 6.45) is 2.21. The summed E-state index contributed by atoms with van der Waals surface area (Å²) in [4.78, 5) is 17.2. The monoisotopic (exact) mass is 257 g/mol. The molecule has 0 unspecified atom stereocenters. The first-order chi connectivity index (χ1) is 8.70. The van der Waals surface area contributed by atoms with Crippen LogP contribution in [0.4, 0.5) is 0 Å². The molecule has 0 aliphatic rings. The quantitative estimate of drug-likeness (QED) is 0.771. The maximum absolute atomic E-state index is 11.7. The highest BCUT2D eigenvalue weighted by atomic mass is 32.2. The van der Waals surface area contributed by atoms with E-state index in [2.05, 4.69) is 4.98 Å². The second-order valence-corrected chi connectivity index (χ2v) is 5.12. The highest BCUT2D eigenvalue weighted by molar-refractivity contribution is 7.99. The number of aromatic nitrogens is 1. The molecule has 3 heteroatoms. The second kappa shape index (κ2) is 5.83. The van der Waals surface area contributed by atoms with Gasteiger partial charge in [0.15, 0.2) is 5.78 Å². The summed E-state index contributed by atoms with van der Waals surface area (Å²) < 4.78 is 0. The topological polar surface area (TPSA) is 30.0 Å². The van der Waals surface area contributed by atoms with Crippen molar-refractivity contribution in [3.05, 3.63) is 53.7 Å². The van der Waals surface area contributed by atoms with Crippen LogP contribution in [0.15, 0.2) is 52.5 Å². The van der Waals surface area contributed by atoms with Crippen LogP contribution in [-0.4, -0.2) is 10.8 Å². The molecule has 0 aliphatic carbocycles. The van der Waals surface area contributed by atoms with Crippen molar-refractivity contribution >= 4 is 17.5 Å². The standard InChI is InChI=1S/C15H15NOS/c1-3-14(17)13-10-16-15(9-11(13)2)18-12-7-5-4-6-8-12/h4-10H,3H2,1-2H3. The van der Waals surface area contributed by atoms with Gasteiger partial charge in [-0.25, -0.2) is 4.98 Å². The van der Waals surface area contributed by atoms with Crippen LogP contribution in [0.3, 0.4) is 0 Å². The molecule has 0 amide bonds. The predicted octanol–water partition coefficient (Wildman–Crippen LogP) is 4.13. The lowest BCUT2D eigenvalue weighted by atomic mass is 10.1. The largest absolute Gasteiger partial charge is 0.294 e. The SMILES string of the molecule is CCC(=O)c1cnc(Sc2ccccc2)cc1C. The third-order valence-electron chi connectivity index (χ3n) is 2.67. The van der Waals surface area contributed by atoms with E-state index in [1.54, 1.807) is 18.0 Å². The van der Waals surface area contributed by atoms with Gasteiger partial charge in [-0.15, -0.1) is 0 Å². The fourth-order valence-electron chi connectivity index (χ4n) is 1.68. The van der Waals surface area contributed by atoms with Gasteiger partial charge in [0.2, 0.25) is 0 Å². The number of nitrogens with zero attached hydrogens (tertiary/aromatic N) is 1. The van der Waals surface area contributed by atoms with Crippen LogP contribution in [0.2, 0.25) is 0 Å². The fraction of sp³-hybridized carbons (Fsp3) is 0.200. The number of Topliss-reactive ketones (excluding diaryl/α,β-unsaturated/α-hetero) is 1. The number of benzene rings is 1. The smallest absolute Gasteiger partial charge is 0.164 e. The molecule has 92 valence electrons. The Hall–Kier alpha value is -1.61. The number of carbonyl (C=O) groups excluding carboxylic acids is 1. The summed E-state index contributed by atoms with van der Waals surface area (Å²) in [7, 11) is 0. The van der Waals surface area contributed by atoms with Crippen molar-refractivity contribution in [3.63, 3.8) is 0 Å². The molecule has 1 heterocycles. The maximum atomic E-state index is 11.7. The van der Waals surface area contributed by atoms with Crippen molar-refractivity contribution < 1.29 is 4.79 Å². The fourth-order valence-corrected chi connectivity index (χ4v) is 2.55. The molecule has 2 aromatic rings. The molecule has 0 fully saturated rings. The van der Waals surface area contributed by atoms with Crippen LogP contribution in [0.25, 0.3) is 0 Å². The second-order valence-electron chi connectivity index (χ2n) is 4.03.